The number of nitrogens with zero attached hydrogens (tertiary/aromatic N) is 1. The first-order valence-corrected chi connectivity index (χ1v) is 11.4. The molecule has 1 saturated heterocycles. The first-order valence-electron chi connectivity index (χ1n) is 11.4. The molecule has 1 heteroatoms. The van der Waals surface area contributed by atoms with Crippen LogP contribution in [0.15, 0.2) is 0 Å². The molecule has 1 nitrogen and oxygen atoms in total. The molecule has 26 heavy (non-hydrogen) atoms. The molecule has 0 N–H and O–H groups in total. The van der Waals surface area contributed by atoms with Crippen LogP contribution in [-0.2, 0) is 0 Å². The zero-order valence-electron chi connectivity index (χ0n) is 19.8. The summed E-state index contributed by atoms with van der Waals surface area (Å²) in [4.78, 5) is 2.80. The van der Waals surface area contributed by atoms with Crippen molar-refractivity contribution >= 4 is 0 Å². The number of rotatable bonds is 5. The van der Waals surface area contributed by atoms with Crippen LogP contribution in [0.25, 0.3) is 0 Å². The normalized spacial score (nSPS) is 29.5. The van der Waals surface area contributed by atoms with Crippen LogP contribution >= 0.6 is 0 Å². The van der Waals surface area contributed by atoms with E-state index in [0.717, 1.165) is 17.8 Å². The van der Waals surface area contributed by atoms with Crippen molar-refractivity contribution in [2.75, 3.05) is 13.1 Å². The summed E-state index contributed by atoms with van der Waals surface area (Å²) in [7, 11) is 0. The van der Waals surface area contributed by atoms with Gasteiger partial charge in [-0.1, -0.05) is 55.4 Å². The minimum absolute atomic E-state index is 0.347. The molecule has 0 radical (unpaired) electrons. The Bertz CT molecular complexity index is 416. The van der Waals surface area contributed by atoms with Crippen LogP contribution in [0.2, 0.25) is 0 Å². The van der Waals surface area contributed by atoms with Gasteiger partial charge in [0.15, 0.2) is 0 Å². The topological polar surface area (TPSA) is 3.24 Å². The maximum absolute atomic E-state index is 2.80. The van der Waals surface area contributed by atoms with Crippen molar-refractivity contribution in [1.29, 1.82) is 0 Å². The van der Waals surface area contributed by atoms with Gasteiger partial charge in [0.05, 0.1) is 0 Å². The Morgan fingerprint density at radius 1 is 0.654 bits per heavy atom. The Labute approximate surface area is 165 Å². The van der Waals surface area contributed by atoms with Gasteiger partial charge in [0.2, 0.25) is 0 Å². The zero-order chi connectivity index (χ0) is 20.0. The molecule has 0 aromatic carbocycles. The lowest BCUT2D eigenvalue weighted by atomic mass is 9.70. The molecular weight excluding hydrogens is 314 g/mol. The monoisotopic (exact) mass is 363 g/mol. The first kappa shape index (κ1) is 22.3. The van der Waals surface area contributed by atoms with Gasteiger partial charge >= 0.3 is 0 Å². The first-order chi connectivity index (χ1) is 11.6. The quantitative estimate of drug-likeness (QED) is 0.491. The largest absolute Gasteiger partial charge is 0.298 e. The van der Waals surface area contributed by atoms with Gasteiger partial charge in [-0.3, -0.25) is 4.90 Å². The summed E-state index contributed by atoms with van der Waals surface area (Å²) in [5, 5.41) is 0. The number of likely N-dealkylation sites (tertiary alicyclic amines) is 1. The molecule has 2 rings (SSSR count). The fraction of sp³-hybridized carbons (Fsp3) is 1.00. The molecule has 154 valence electrons. The maximum Gasteiger partial charge on any atom is 0.0153 e. The van der Waals surface area contributed by atoms with Crippen molar-refractivity contribution in [3.63, 3.8) is 0 Å². The molecule has 3 atom stereocenters. The average molecular weight is 364 g/mol. The molecule has 1 heterocycles. The molecular formula is C25H49N. The summed E-state index contributed by atoms with van der Waals surface area (Å²) in [6.45, 7) is 27.3. The van der Waals surface area contributed by atoms with Crippen LogP contribution in [-0.4, -0.2) is 23.5 Å². The van der Waals surface area contributed by atoms with Crippen molar-refractivity contribution in [2.45, 2.75) is 113 Å². The van der Waals surface area contributed by atoms with E-state index in [-0.39, 0.29) is 0 Å². The van der Waals surface area contributed by atoms with Crippen molar-refractivity contribution in [1.82, 2.24) is 4.90 Å². The van der Waals surface area contributed by atoms with E-state index in [1.165, 1.54) is 51.6 Å². The molecule has 0 spiro atoms. The molecule has 1 saturated carbocycles. The predicted octanol–water partition coefficient (Wildman–Crippen LogP) is 7.40. The van der Waals surface area contributed by atoms with Crippen molar-refractivity contribution in [3.8, 4) is 0 Å². The molecule has 2 aliphatic rings. The van der Waals surface area contributed by atoms with Gasteiger partial charge in [-0.05, 0) is 92.9 Å². The third-order valence-corrected chi connectivity index (χ3v) is 8.41. The van der Waals surface area contributed by atoms with Gasteiger partial charge in [-0.2, -0.15) is 0 Å². The number of hydrogen-bond donors (Lipinski definition) is 0. The van der Waals surface area contributed by atoms with Gasteiger partial charge < -0.3 is 0 Å². The minimum Gasteiger partial charge on any atom is -0.298 e. The minimum atomic E-state index is 0.347. The van der Waals surface area contributed by atoms with Crippen molar-refractivity contribution < 1.29 is 0 Å². The summed E-state index contributed by atoms with van der Waals surface area (Å²) in [5.41, 5.74) is 1.78. The molecule has 2 fully saturated rings. The maximum atomic E-state index is 2.80. The highest BCUT2D eigenvalue weighted by Gasteiger charge is 2.42. The Hall–Kier alpha value is -0.0400. The molecule has 1 aliphatic carbocycles. The second-order valence-electron chi connectivity index (χ2n) is 13.2. The van der Waals surface area contributed by atoms with E-state index in [0.29, 0.717) is 21.8 Å². The molecule has 1 aliphatic heterocycles. The molecule has 3 unspecified atom stereocenters. The SMILES string of the molecule is CC(C)(C)C1CCC(C(C)(C)CCC(C)(C)N2CCC(C(C)(C)C)C2)C1. The predicted molar refractivity (Wildman–Crippen MR) is 117 cm³/mol. The average Bonchev–Trinajstić information content (AvgIpc) is 3.13. The summed E-state index contributed by atoms with van der Waals surface area (Å²) in [6.07, 6.45) is 8.44. The second kappa shape index (κ2) is 7.41. The van der Waals surface area contributed by atoms with Gasteiger partial charge in [0, 0.05) is 12.1 Å². The molecule has 0 bridgehead atoms. The summed E-state index contributed by atoms with van der Waals surface area (Å²) < 4.78 is 0. The zero-order valence-corrected chi connectivity index (χ0v) is 19.8. The Balaban J connectivity index is 1.90. The van der Waals surface area contributed by atoms with E-state index in [2.05, 4.69) is 74.1 Å². The van der Waals surface area contributed by atoms with Gasteiger partial charge in [-0.15, -0.1) is 0 Å². The second-order valence-corrected chi connectivity index (χ2v) is 13.2. The summed E-state index contributed by atoms with van der Waals surface area (Å²) >= 11 is 0. The van der Waals surface area contributed by atoms with Crippen LogP contribution < -0.4 is 0 Å². The molecule has 0 amide bonds. The Kier molecular flexibility index (Phi) is 6.35. The van der Waals surface area contributed by atoms with E-state index >= 15 is 0 Å². The van der Waals surface area contributed by atoms with Crippen LogP contribution in [0.3, 0.4) is 0 Å². The fourth-order valence-corrected chi connectivity index (χ4v) is 5.49. The highest BCUT2D eigenvalue weighted by Crippen LogP contribution is 2.50. The summed E-state index contributed by atoms with van der Waals surface area (Å²) in [6, 6.07) is 0. The smallest absolute Gasteiger partial charge is 0.0153 e. The van der Waals surface area contributed by atoms with Crippen LogP contribution in [0.4, 0.5) is 0 Å². The van der Waals surface area contributed by atoms with Gasteiger partial charge in [0.1, 0.15) is 0 Å². The summed E-state index contributed by atoms with van der Waals surface area (Å²) in [5.74, 6) is 2.70. The highest BCUT2D eigenvalue weighted by atomic mass is 15.2. The van der Waals surface area contributed by atoms with E-state index in [4.69, 9.17) is 0 Å². The van der Waals surface area contributed by atoms with Gasteiger partial charge in [0.25, 0.3) is 0 Å². The van der Waals surface area contributed by atoms with Crippen LogP contribution in [0.5, 0.6) is 0 Å². The molecule has 0 aromatic heterocycles. The lowest BCUT2D eigenvalue weighted by molar-refractivity contribution is 0.0906. The third-order valence-electron chi connectivity index (χ3n) is 8.41. The standard InChI is InChI=1S/C25H49N/c1-22(2,3)19-11-12-20(17-19)24(7,8)14-15-25(9,10)26-16-13-21(18-26)23(4,5)6/h19-21H,11-18H2,1-10H3. The lowest BCUT2D eigenvalue weighted by Gasteiger charge is -2.41. The third kappa shape index (κ3) is 5.27. The van der Waals surface area contributed by atoms with Crippen LogP contribution in [0, 0.1) is 34.0 Å². The van der Waals surface area contributed by atoms with Gasteiger partial charge in [-0.25, -0.2) is 0 Å². The molecule has 0 aromatic rings. The Morgan fingerprint density at radius 3 is 1.65 bits per heavy atom. The van der Waals surface area contributed by atoms with E-state index < -0.39 is 0 Å². The van der Waals surface area contributed by atoms with Crippen molar-refractivity contribution in [2.24, 2.45) is 34.0 Å². The number of hydrogen-bond acceptors (Lipinski definition) is 1. The van der Waals surface area contributed by atoms with E-state index in [9.17, 15) is 0 Å². The van der Waals surface area contributed by atoms with E-state index in [1.54, 1.807) is 0 Å². The highest BCUT2D eigenvalue weighted by molar-refractivity contribution is 4.95. The Morgan fingerprint density at radius 2 is 1.19 bits per heavy atom. The fourth-order valence-electron chi connectivity index (χ4n) is 5.49. The lowest BCUT2D eigenvalue weighted by Crippen LogP contribution is -2.44. The van der Waals surface area contributed by atoms with E-state index in [1.807, 2.05) is 0 Å². The van der Waals surface area contributed by atoms with Crippen LogP contribution in [0.1, 0.15) is 108 Å². The van der Waals surface area contributed by atoms with Crippen molar-refractivity contribution in [3.05, 3.63) is 0 Å².